The van der Waals surface area contributed by atoms with Gasteiger partial charge in [0.2, 0.25) is 0 Å². The summed E-state index contributed by atoms with van der Waals surface area (Å²) in [6, 6.07) is 15.3. The van der Waals surface area contributed by atoms with E-state index >= 15 is 0 Å². The Morgan fingerprint density at radius 1 is 1.07 bits per heavy atom. The maximum Gasteiger partial charge on any atom is 0.260 e. The van der Waals surface area contributed by atoms with Gasteiger partial charge in [0.25, 0.3) is 11.8 Å². The molecule has 0 unspecified atom stereocenters. The number of benzene rings is 2. The van der Waals surface area contributed by atoms with Gasteiger partial charge < -0.3 is 15.0 Å². The lowest BCUT2D eigenvalue weighted by Crippen LogP contribution is -2.43. The molecule has 0 aliphatic carbocycles. The van der Waals surface area contributed by atoms with Crippen LogP contribution in [0.5, 0.6) is 5.75 Å². The van der Waals surface area contributed by atoms with Crippen LogP contribution in [0, 0.1) is 19.8 Å². The second-order valence-corrected chi connectivity index (χ2v) is 7.45. The average molecular weight is 380 g/mol. The number of amides is 2. The summed E-state index contributed by atoms with van der Waals surface area (Å²) in [5.41, 5.74) is 2.81. The minimum atomic E-state index is -0.0176. The van der Waals surface area contributed by atoms with E-state index in [1.807, 2.05) is 67.3 Å². The summed E-state index contributed by atoms with van der Waals surface area (Å²) in [4.78, 5) is 26.6. The minimum Gasteiger partial charge on any atom is -0.484 e. The first-order chi connectivity index (χ1) is 13.5. The molecule has 1 heterocycles. The standard InChI is InChI=1S/C23H28N2O3/c1-17-8-9-18(2)21(14-17)23(27)24-15-19-10-12-25(13-11-19)22(26)16-28-20-6-4-3-5-7-20/h3-9,14,19H,10-13,15-16H2,1-2H3,(H,24,27). The summed E-state index contributed by atoms with van der Waals surface area (Å²) in [7, 11) is 0. The lowest BCUT2D eigenvalue weighted by Gasteiger charge is -2.32. The molecular formula is C23H28N2O3. The van der Waals surface area contributed by atoms with Crippen molar-refractivity contribution in [2.24, 2.45) is 5.92 Å². The smallest absolute Gasteiger partial charge is 0.260 e. The van der Waals surface area contributed by atoms with Crippen molar-refractivity contribution in [3.8, 4) is 5.75 Å². The number of para-hydroxylation sites is 1. The highest BCUT2D eigenvalue weighted by molar-refractivity contribution is 5.95. The lowest BCUT2D eigenvalue weighted by molar-refractivity contribution is -0.134. The molecule has 3 rings (SSSR count). The molecule has 28 heavy (non-hydrogen) atoms. The van der Waals surface area contributed by atoms with Crippen molar-refractivity contribution in [2.45, 2.75) is 26.7 Å². The van der Waals surface area contributed by atoms with Gasteiger partial charge in [-0.3, -0.25) is 9.59 Å². The van der Waals surface area contributed by atoms with Gasteiger partial charge in [-0.15, -0.1) is 0 Å². The number of hydrogen-bond acceptors (Lipinski definition) is 3. The average Bonchev–Trinajstić information content (AvgIpc) is 2.73. The predicted octanol–water partition coefficient (Wildman–Crippen LogP) is 3.35. The monoisotopic (exact) mass is 380 g/mol. The van der Waals surface area contributed by atoms with Gasteiger partial charge in [-0.2, -0.15) is 0 Å². The van der Waals surface area contributed by atoms with E-state index in [0.29, 0.717) is 31.3 Å². The van der Waals surface area contributed by atoms with Crippen LogP contribution in [0.2, 0.25) is 0 Å². The third-order valence-corrected chi connectivity index (χ3v) is 5.26. The largest absolute Gasteiger partial charge is 0.484 e. The van der Waals surface area contributed by atoms with Crippen LogP contribution in [0.3, 0.4) is 0 Å². The van der Waals surface area contributed by atoms with Crippen LogP contribution in [-0.4, -0.2) is 43.0 Å². The van der Waals surface area contributed by atoms with Gasteiger partial charge in [0, 0.05) is 25.2 Å². The van der Waals surface area contributed by atoms with E-state index in [-0.39, 0.29) is 18.4 Å². The molecule has 1 aliphatic heterocycles. The van der Waals surface area contributed by atoms with Gasteiger partial charge in [0.15, 0.2) is 6.61 Å². The number of rotatable bonds is 6. The Bertz CT molecular complexity index is 812. The van der Waals surface area contributed by atoms with E-state index in [9.17, 15) is 9.59 Å². The fraction of sp³-hybridized carbons (Fsp3) is 0.391. The fourth-order valence-corrected chi connectivity index (χ4v) is 3.45. The number of carbonyl (C=O) groups excluding carboxylic acids is 2. The molecule has 5 heteroatoms. The van der Waals surface area contributed by atoms with E-state index < -0.39 is 0 Å². The number of carbonyl (C=O) groups is 2. The lowest BCUT2D eigenvalue weighted by atomic mass is 9.96. The number of hydrogen-bond donors (Lipinski definition) is 1. The molecule has 0 atom stereocenters. The highest BCUT2D eigenvalue weighted by Gasteiger charge is 2.23. The van der Waals surface area contributed by atoms with Crippen LogP contribution in [0.25, 0.3) is 0 Å². The van der Waals surface area contributed by atoms with Gasteiger partial charge in [-0.1, -0.05) is 35.9 Å². The zero-order valence-electron chi connectivity index (χ0n) is 16.6. The summed E-state index contributed by atoms with van der Waals surface area (Å²) >= 11 is 0. The van der Waals surface area contributed by atoms with E-state index in [1.54, 1.807) is 0 Å². The van der Waals surface area contributed by atoms with Crippen LogP contribution in [0.4, 0.5) is 0 Å². The molecule has 2 amide bonds. The Hall–Kier alpha value is -2.82. The topological polar surface area (TPSA) is 58.6 Å². The van der Waals surface area contributed by atoms with E-state index in [0.717, 1.165) is 29.5 Å². The first-order valence-electron chi connectivity index (χ1n) is 9.84. The van der Waals surface area contributed by atoms with E-state index in [2.05, 4.69) is 5.32 Å². The Labute approximate surface area is 166 Å². The van der Waals surface area contributed by atoms with Crippen LogP contribution < -0.4 is 10.1 Å². The van der Waals surface area contributed by atoms with Crippen molar-refractivity contribution in [1.29, 1.82) is 0 Å². The molecule has 2 aromatic rings. The molecule has 2 aromatic carbocycles. The van der Waals surface area contributed by atoms with Gasteiger partial charge >= 0.3 is 0 Å². The van der Waals surface area contributed by atoms with Crippen molar-refractivity contribution in [3.63, 3.8) is 0 Å². The summed E-state index contributed by atoms with van der Waals surface area (Å²) in [6.07, 6.45) is 1.79. The SMILES string of the molecule is Cc1ccc(C)c(C(=O)NCC2CCN(C(=O)COc3ccccc3)CC2)c1. The van der Waals surface area contributed by atoms with Gasteiger partial charge in [0.1, 0.15) is 5.75 Å². The van der Waals surface area contributed by atoms with Gasteiger partial charge in [-0.25, -0.2) is 0 Å². The Morgan fingerprint density at radius 2 is 1.79 bits per heavy atom. The van der Waals surface area contributed by atoms with Crippen LogP contribution in [-0.2, 0) is 4.79 Å². The normalized spacial score (nSPS) is 14.6. The summed E-state index contributed by atoms with van der Waals surface area (Å²) in [5, 5.41) is 3.06. The first-order valence-corrected chi connectivity index (χ1v) is 9.84. The maximum absolute atomic E-state index is 12.5. The third-order valence-electron chi connectivity index (χ3n) is 5.26. The molecule has 1 fully saturated rings. The highest BCUT2D eigenvalue weighted by Crippen LogP contribution is 2.18. The molecule has 1 aliphatic rings. The summed E-state index contributed by atoms with van der Waals surface area (Å²) < 4.78 is 5.55. The number of ether oxygens (including phenoxy) is 1. The Morgan fingerprint density at radius 3 is 2.50 bits per heavy atom. The predicted molar refractivity (Wildman–Crippen MR) is 109 cm³/mol. The third kappa shape index (κ3) is 5.35. The van der Waals surface area contributed by atoms with Crippen molar-refractivity contribution < 1.29 is 14.3 Å². The Balaban J connectivity index is 1.41. The molecule has 1 N–H and O–H groups in total. The van der Waals surface area contributed by atoms with Crippen LogP contribution >= 0.6 is 0 Å². The first kappa shape index (κ1) is 19.9. The molecule has 0 bridgehead atoms. The number of likely N-dealkylation sites (tertiary alicyclic amines) is 1. The number of nitrogens with zero attached hydrogens (tertiary/aromatic N) is 1. The highest BCUT2D eigenvalue weighted by atomic mass is 16.5. The second kappa shape index (κ2) is 9.40. The molecular weight excluding hydrogens is 352 g/mol. The van der Waals surface area contributed by atoms with Crippen LogP contribution in [0.1, 0.15) is 34.3 Å². The molecule has 5 nitrogen and oxygen atoms in total. The number of nitrogens with one attached hydrogen (secondary N) is 1. The summed E-state index contributed by atoms with van der Waals surface area (Å²) in [6.45, 7) is 6.08. The second-order valence-electron chi connectivity index (χ2n) is 7.45. The van der Waals surface area contributed by atoms with E-state index in [4.69, 9.17) is 4.74 Å². The van der Waals surface area contributed by atoms with E-state index in [1.165, 1.54) is 0 Å². The zero-order valence-corrected chi connectivity index (χ0v) is 16.6. The molecule has 0 radical (unpaired) electrons. The quantitative estimate of drug-likeness (QED) is 0.836. The van der Waals surface area contributed by atoms with Gasteiger partial charge in [0.05, 0.1) is 0 Å². The maximum atomic E-state index is 12.5. The molecule has 0 aromatic heterocycles. The molecule has 0 saturated carbocycles. The fourth-order valence-electron chi connectivity index (χ4n) is 3.45. The Kier molecular flexibility index (Phi) is 6.69. The molecule has 148 valence electrons. The molecule has 0 spiro atoms. The van der Waals surface area contributed by atoms with Crippen LogP contribution in [0.15, 0.2) is 48.5 Å². The summed E-state index contributed by atoms with van der Waals surface area (Å²) in [5.74, 6) is 1.10. The molecule has 1 saturated heterocycles. The minimum absolute atomic E-state index is 0.0155. The van der Waals surface area contributed by atoms with Crippen molar-refractivity contribution in [2.75, 3.05) is 26.2 Å². The van der Waals surface area contributed by atoms with Gasteiger partial charge in [-0.05, 0) is 56.4 Å². The number of aryl methyl sites for hydroxylation is 2. The van der Waals surface area contributed by atoms with Crippen molar-refractivity contribution in [3.05, 3.63) is 65.2 Å². The number of piperidine rings is 1. The van der Waals surface area contributed by atoms with Crippen molar-refractivity contribution in [1.82, 2.24) is 10.2 Å². The zero-order chi connectivity index (χ0) is 19.9. The van der Waals surface area contributed by atoms with Crippen molar-refractivity contribution >= 4 is 11.8 Å².